The Morgan fingerprint density at radius 3 is 2.55 bits per heavy atom. The van der Waals surface area contributed by atoms with Gasteiger partial charge in [0.25, 0.3) is 0 Å². The fraction of sp³-hybridized carbons (Fsp3) is 0.500. The van der Waals surface area contributed by atoms with Crippen LogP contribution in [0.3, 0.4) is 0 Å². The number of amides is 1. The topological polar surface area (TPSA) is 110 Å². The Morgan fingerprint density at radius 1 is 1.16 bits per heavy atom. The highest BCUT2D eigenvalue weighted by Crippen LogP contribution is 2.40. The van der Waals surface area contributed by atoms with Gasteiger partial charge in [-0.05, 0) is 38.0 Å². The van der Waals surface area contributed by atoms with Crippen molar-refractivity contribution in [1.82, 2.24) is 24.2 Å². The highest BCUT2D eigenvalue weighted by molar-refractivity contribution is 7.88. The number of ether oxygens (including phenoxy) is 1. The van der Waals surface area contributed by atoms with Gasteiger partial charge in [-0.3, -0.25) is 4.79 Å². The number of nitrogens with one attached hydrogen (secondary N) is 1. The summed E-state index contributed by atoms with van der Waals surface area (Å²) in [6, 6.07) is 7.22. The van der Waals surface area contributed by atoms with Crippen molar-refractivity contribution in [3.05, 3.63) is 36.4 Å². The number of imidazole rings is 1. The smallest absolute Gasteiger partial charge is 0.241 e. The third-order valence-electron chi connectivity index (χ3n) is 7.72. The van der Waals surface area contributed by atoms with Crippen LogP contribution in [-0.4, -0.2) is 78.2 Å². The molecule has 2 saturated heterocycles. The molecule has 3 fully saturated rings. The summed E-state index contributed by atoms with van der Waals surface area (Å²) in [5, 5.41) is 2.86. The molecule has 0 radical (unpaired) electrons. The first kappa shape index (κ1) is 25.1. The average Bonchev–Trinajstić information content (AvgIpc) is 3.48. The predicted molar refractivity (Wildman–Crippen MR) is 141 cm³/mol. The summed E-state index contributed by atoms with van der Waals surface area (Å²) in [7, 11) is -3.26. The molecule has 2 aromatic heterocycles. The molecule has 3 aliphatic rings. The SMILES string of the molecule is CC(Oc1nc(-c2ccc(N3CCN(S(C)(=O)=O)CC3)c(F)c2)cc2ncn(C3CC3)c12)C1CNC(=O)C1. The summed E-state index contributed by atoms with van der Waals surface area (Å²) in [4.78, 5) is 23.0. The molecule has 2 unspecified atom stereocenters. The van der Waals surface area contributed by atoms with E-state index in [2.05, 4.69) is 14.9 Å². The second-order valence-electron chi connectivity index (χ2n) is 10.5. The number of piperazine rings is 1. The first-order valence-electron chi connectivity index (χ1n) is 13.0. The van der Waals surface area contributed by atoms with Gasteiger partial charge < -0.3 is 19.5 Å². The Balaban J connectivity index is 1.30. The van der Waals surface area contributed by atoms with Crippen molar-refractivity contribution in [3.63, 3.8) is 0 Å². The van der Waals surface area contributed by atoms with Crippen LogP contribution in [0.5, 0.6) is 5.88 Å². The number of anilines is 1. The normalized spacial score (nSPS) is 21.6. The summed E-state index contributed by atoms with van der Waals surface area (Å²) in [6.07, 6.45) is 5.33. The van der Waals surface area contributed by atoms with E-state index in [1.807, 2.05) is 30.3 Å². The maximum atomic E-state index is 15.3. The van der Waals surface area contributed by atoms with Gasteiger partial charge in [0, 0.05) is 56.7 Å². The predicted octanol–water partition coefficient (Wildman–Crippen LogP) is 2.56. The van der Waals surface area contributed by atoms with Crippen LogP contribution >= 0.6 is 0 Å². The standard InChI is InChI=1S/C26H31FN6O4S/c1-16(18-12-24(34)28-14-18)37-26-25-22(29-15-33(25)19-4-5-19)13-21(30-26)17-3-6-23(20(27)11-17)31-7-9-32(10-8-31)38(2,35)36/h3,6,11,13,15-16,18-19H,4-5,7-10,12,14H2,1-2H3,(H,28,34). The summed E-state index contributed by atoms with van der Waals surface area (Å²) in [6.45, 7) is 3.99. The molecule has 10 nitrogen and oxygen atoms in total. The minimum Gasteiger partial charge on any atom is -0.473 e. The Morgan fingerprint density at radius 2 is 1.92 bits per heavy atom. The number of hydrogen-bond acceptors (Lipinski definition) is 7. The zero-order valence-corrected chi connectivity index (χ0v) is 22.2. The fourth-order valence-corrected chi connectivity index (χ4v) is 6.13. The van der Waals surface area contributed by atoms with Crippen LogP contribution in [0.4, 0.5) is 10.1 Å². The maximum Gasteiger partial charge on any atom is 0.241 e. The maximum absolute atomic E-state index is 15.3. The van der Waals surface area contributed by atoms with E-state index in [0.29, 0.717) is 68.0 Å². The molecule has 0 spiro atoms. The lowest BCUT2D eigenvalue weighted by molar-refractivity contribution is -0.119. The zero-order valence-electron chi connectivity index (χ0n) is 21.4. The molecule has 0 bridgehead atoms. The number of halogens is 1. The van der Waals surface area contributed by atoms with Gasteiger partial charge in [-0.1, -0.05) is 6.07 Å². The number of benzene rings is 1. The summed E-state index contributed by atoms with van der Waals surface area (Å²) in [5.74, 6) is 0.107. The number of pyridine rings is 1. The average molecular weight is 543 g/mol. The van der Waals surface area contributed by atoms with Gasteiger partial charge in [0.05, 0.1) is 29.5 Å². The Hall–Kier alpha value is -3.25. The van der Waals surface area contributed by atoms with Crippen molar-refractivity contribution in [2.45, 2.75) is 38.3 Å². The molecule has 2 atom stereocenters. The summed E-state index contributed by atoms with van der Waals surface area (Å²) >= 11 is 0. The Bertz CT molecular complexity index is 1500. The lowest BCUT2D eigenvalue weighted by Crippen LogP contribution is -2.48. The molecule has 1 saturated carbocycles. The van der Waals surface area contributed by atoms with Gasteiger partial charge in [-0.2, -0.15) is 4.31 Å². The number of hydrogen-bond donors (Lipinski definition) is 1. The number of aromatic nitrogens is 3. The first-order valence-corrected chi connectivity index (χ1v) is 14.8. The minimum atomic E-state index is -3.26. The molecule has 1 aromatic carbocycles. The minimum absolute atomic E-state index is 0.0219. The van der Waals surface area contributed by atoms with E-state index in [0.717, 1.165) is 23.9 Å². The number of nitrogens with zero attached hydrogens (tertiary/aromatic N) is 5. The number of carbonyl (C=O) groups excluding carboxylic acids is 1. The molecule has 3 aromatic rings. The molecule has 38 heavy (non-hydrogen) atoms. The quantitative estimate of drug-likeness (QED) is 0.489. The van der Waals surface area contributed by atoms with Crippen molar-refractivity contribution >= 4 is 32.7 Å². The van der Waals surface area contributed by atoms with Gasteiger partial charge >= 0.3 is 0 Å². The second kappa shape index (κ2) is 9.49. The van der Waals surface area contributed by atoms with Crippen LogP contribution in [0.2, 0.25) is 0 Å². The molecule has 1 N–H and O–H groups in total. The Kier molecular flexibility index (Phi) is 6.26. The van der Waals surface area contributed by atoms with Crippen molar-refractivity contribution < 1.29 is 22.3 Å². The van der Waals surface area contributed by atoms with Crippen molar-refractivity contribution in [2.75, 3.05) is 43.9 Å². The van der Waals surface area contributed by atoms with E-state index < -0.39 is 15.8 Å². The number of carbonyl (C=O) groups is 1. The van der Waals surface area contributed by atoms with Gasteiger partial charge in [-0.15, -0.1) is 0 Å². The van der Waals surface area contributed by atoms with Crippen molar-refractivity contribution in [2.24, 2.45) is 5.92 Å². The monoisotopic (exact) mass is 542 g/mol. The number of rotatable bonds is 7. The largest absolute Gasteiger partial charge is 0.473 e. The molecular weight excluding hydrogens is 511 g/mol. The van der Waals surface area contributed by atoms with Crippen LogP contribution in [0, 0.1) is 11.7 Å². The van der Waals surface area contributed by atoms with Crippen LogP contribution in [0.15, 0.2) is 30.6 Å². The molecule has 2 aliphatic heterocycles. The van der Waals surface area contributed by atoms with E-state index in [-0.39, 0.29) is 17.9 Å². The van der Waals surface area contributed by atoms with Crippen LogP contribution in [0.25, 0.3) is 22.3 Å². The second-order valence-corrected chi connectivity index (χ2v) is 12.5. The van der Waals surface area contributed by atoms with Crippen LogP contribution in [0.1, 0.15) is 32.2 Å². The molecule has 6 rings (SSSR count). The lowest BCUT2D eigenvalue weighted by atomic mass is 10.0. The molecular formula is C26H31FN6O4S. The molecule has 1 amide bonds. The number of sulfonamides is 1. The third-order valence-corrected chi connectivity index (χ3v) is 9.03. The highest BCUT2D eigenvalue weighted by Gasteiger charge is 2.31. The fourth-order valence-electron chi connectivity index (χ4n) is 5.30. The van der Waals surface area contributed by atoms with Crippen molar-refractivity contribution in [1.29, 1.82) is 0 Å². The van der Waals surface area contributed by atoms with E-state index in [1.165, 1.54) is 16.6 Å². The van der Waals surface area contributed by atoms with E-state index in [4.69, 9.17) is 9.72 Å². The summed E-state index contributed by atoms with van der Waals surface area (Å²) in [5.41, 5.74) is 3.13. The van der Waals surface area contributed by atoms with Crippen molar-refractivity contribution in [3.8, 4) is 17.1 Å². The van der Waals surface area contributed by atoms with Crippen LogP contribution in [-0.2, 0) is 14.8 Å². The van der Waals surface area contributed by atoms with E-state index in [9.17, 15) is 13.2 Å². The zero-order chi connectivity index (χ0) is 26.6. The summed E-state index contributed by atoms with van der Waals surface area (Å²) < 4.78 is 48.8. The number of fused-ring (bicyclic) bond motifs is 1. The van der Waals surface area contributed by atoms with Gasteiger partial charge in [0.1, 0.15) is 17.4 Å². The van der Waals surface area contributed by atoms with Crippen LogP contribution < -0.4 is 15.0 Å². The molecule has 4 heterocycles. The van der Waals surface area contributed by atoms with Gasteiger partial charge in [0.2, 0.25) is 21.8 Å². The highest BCUT2D eigenvalue weighted by atomic mass is 32.2. The molecule has 12 heteroatoms. The third kappa shape index (κ3) is 4.82. The van der Waals surface area contributed by atoms with E-state index in [1.54, 1.807) is 6.07 Å². The molecule has 1 aliphatic carbocycles. The van der Waals surface area contributed by atoms with E-state index >= 15 is 4.39 Å². The first-order chi connectivity index (χ1) is 18.2. The van der Waals surface area contributed by atoms with Gasteiger partial charge in [-0.25, -0.2) is 22.8 Å². The molecule has 202 valence electrons. The Labute approximate surface area is 220 Å². The lowest BCUT2D eigenvalue weighted by Gasteiger charge is -2.34. The van der Waals surface area contributed by atoms with Gasteiger partial charge in [0.15, 0.2) is 0 Å².